The van der Waals surface area contributed by atoms with Gasteiger partial charge in [0.25, 0.3) is 0 Å². The number of halogens is 1. The molecule has 64 valence electrons. The highest BCUT2D eigenvalue weighted by atomic mass is 79.9. The van der Waals surface area contributed by atoms with Crippen molar-refractivity contribution >= 4 is 15.9 Å². The number of aromatic nitrogens is 2. The summed E-state index contributed by atoms with van der Waals surface area (Å²) in [5, 5.41) is 4.07. The summed E-state index contributed by atoms with van der Waals surface area (Å²) in [7, 11) is 1.65. The van der Waals surface area contributed by atoms with Gasteiger partial charge in [-0.25, -0.2) is 0 Å². The van der Waals surface area contributed by atoms with Gasteiger partial charge >= 0.3 is 0 Å². The minimum Gasteiger partial charge on any atom is -0.383 e. The van der Waals surface area contributed by atoms with Gasteiger partial charge in [0.2, 0.25) is 0 Å². The molecule has 0 N–H and O–H groups in total. The molecular weight excluding hydrogens is 220 g/mol. The summed E-state index contributed by atoms with van der Waals surface area (Å²) in [6.45, 7) is 1.30. The first-order valence-electron chi connectivity index (χ1n) is 3.46. The smallest absolute Gasteiger partial charge is 0.125 e. The molecule has 1 aromatic rings. The second-order valence-corrected chi connectivity index (χ2v) is 3.06. The second-order valence-electron chi connectivity index (χ2n) is 2.20. The summed E-state index contributed by atoms with van der Waals surface area (Å²) < 4.78 is 7.49. The molecule has 0 unspecified atom stereocenters. The first-order valence-corrected chi connectivity index (χ1v) is 4.25. The molecule has 0 aliphatic heterocycles. The third-order valence-electron chi connectivity index (χ3n) is 1.44. The van der Waals surface area contributed by atoms with Crippen LogP contribution in [0.2, 0.25) is 0 Å². The average molecular weight is 229 g/mol. The maximum absolute atomic E-state index is 5.29. The van der Waals surface area contributed by atoms with E-state index in [1.54, 1.807) is 18.0 Å². The van der Waals surface area contributed by atoms with Gasteiger partial charge in [0.05, 0.1) is 23.8 Å². The lowest BCUT2D eigenvalue weighted by atomic mass is 10.4. The summed E-state index contributed by atoms with van der Waals surface area (Å²) in [6.07, 6.45) is 6.97. The van der Waals surface area contributed by atoms with E-state index < -0.39 is 0 Å². The van der Waals surface area contributed by atoms with E-state index >= 15 is 0 Å². The fourth-order valence-electron chi connectivity index (χ4n) is 0.853. The third kappa shape index (κ3) is 1.87. The molecule has 0 aromatic carbocycles. The lowest BCUT2D eigenvalue weighted by molar-refractivity contribution is 0.183. The Bertz CT molecular complexity index is 300. The Hall–Kier alpha value is -0.790. The first-order chi connectivity index (χ1) is 5.79. The number of rotatable bonds is 3. The van der Waals surface area contributed by atoms with Crippen molar-refractivity contribution in [2.45, 2.75) is 6.54 Å². The molecule has 0 bridgehead atoms. The van der Waals surface area contributed by atoms with E-state index in [9.17, 15) is 0 Å². The zero-order valence-corrected chi connectivity index (χ0v) is 8.34. The van der Waals surface area contributed by atoms with Crippen LogP contribution in [-0.4, -0.2) is 23.5 Å². The summed E-state index contributed by atoms with van der Waals surface area (Å²) in [6, 6.07) is 0. The summed E-state index contributed by atoms with van der Waals surface area (Å²) in [5.74, 6) is 2.55. The zero-order chi connectivity index (χ0) is 8.97. The number of methoxy groups -OCH3 is 1. The normalized spacial score (nSPS) is 9.75. The molecule has 0 fully saturated rings. The van der Waals surface area contributed by atoms with Crippen LogP contribution >= 0.6 is 15.9 Å². The van der Waals surface area contributed by atoms with Crippen molar-refractivity contribution in [3.05, 3.63) is 16.4 Å². The molecule has 0 radical (unpaired) electrons. The molecule has 0 aliphatic carbocycles. The van der Waals surface area contributed by atoms with E-state index in [-0.39, 0.29) is 0 Å². The Morgan fingerprint density at radius 3 is 3.17 bits per heavy atom. The summed E-state index contributed by atoms with van der Waals surface area (Å²) >= 11 is 3.30. The van der Waals surface area contributed by atoms with Crippen LogP contribution < -0.4 is 0 Å². The Morgan fingerprint density at radius 2 is 2.58 bits per heavy atom. The van der Waals surface area contributed by atoms with Crippen molar-refractivity contribution in [2.24, 2.45) is 0 Å². The predicted molar refractivity (Wildman–Crippen MR) is 49.7 cm³/mol. The van der Waals surface area contributed by atoms with Gasteiger partial charge in [0.15, 0.2) is 0 Å². The van der Waals surface area contributed by atoms with Crippen molar-refractivity contribution in [2.75, 3.05) is 13.7 Å². The van der Waals surface area contributed by atoms with Gasteiger partial charge in [-0.1, -0.05) is 0 Å². The van der Waals surface area contributed by atoms with Crippen LogP contribution in [0, 0.1) is 12.3 Å². The van der Waals surface area contributed by atoms with Crippen LogP contribution in [0.5, 0.6) is 0 Å². The summed E-state index contributed by atoms with van der Waals surface area (Å²) in [5.41, 5.74) is 0.757. The van der Waals surface area contributed by atoms with Crippen LogP contribution in [0.3, 0.4) is 0 Å². The van der Waals surface area contributed by atoms with Gasteiger partial charge in [-0.15, -0.1) is 6.42 Å². The van der Waals surface area contributed by atoms with E-state index in [0.717, 1.165) is 10.2 Å². The van der Waals surface area contributed by atoms with Crippen molar-refractivity contribution in [1.29, 1.82) is 0 Å². The van der Waals surface area contributed by atoms with Crippen molar-refractivity contribution < 1.29 is 4.74 Å². The Balaban J connectivity index is 2.79. The van der Waals surface area contributed by atoms with Crippen LogP contribution in [0.4, 0.5) is 0 Å². The quantitative estimate of drug-likeness (QED) is 0.730. The number of hydrogen-bond donors (Lipinski definition) is 0. The lowest BCUT2D eigenvalue weighted by Gasteiger charge is -2.01. The minimum atomic E-state index is 0.614. The van der Waals surface area contributed by atoms with E-state index in [2.05, 4.69) is 26.9 Å². The van der Waals surface area contributed by atoms with Crippen LogP contribution in [0.1, 0.15) is 5.69 Å². The molecule has 0 spiro atoms. The van der Waals surface area contributed by atoms with Gasteiger partial charge in [-0.2, -0.15) is 5.10 Å². The molecule has 1 rings (SSSR count). The zero-order valence-electron chi connectivity index (χ0n) is 6.75. The molecule has 1 aromatic heterocycles. The second kappa shape index (κ2) is 4.29. The predicted octanol–water partition coefficient (Wildman–Crippen LogP) is 1.27. The highest BCUT2D eigenvalue weighted by molar-refractivity contribution is 9.10. The Kier molecular flexibility index (Phi) is 3.32. The Morgan fingerprint density at radius 1 is 1.83 bits per heavy atom. The molecule has 0 atom stereocenters. The van der Waals surface area contributed by atoms with Gasteiger partial charge in [-0.05, 0) is 21.9 Å². The number of ether oxygens (including phenoxy) is 1. The maximum atomic E-state index is 5.29. The van der Waals surface area contributed by atoms with E-state index in [1.807, 2.05) is 0 Å². The topological polar surface area (TPSA) is 27.1 Å². The fourth-order valence-corrected chi connectivity index (χ4v) is 1.26. The molecular formula is C8H9BrN2O. The molecule has 12 heavy (non-hydrogen) atoms. The van der Waals surface area contributed by atoms with Crippen LogP contribution in [0.15, 0.2) is 10.7 Å². The number of nitrogens with zero attached hydrogens (tertiary/aromatic N) is 2. The molecule has 0 aliphatic rings. The molecule has 0 saturated carbocycles. The molecule has 0 saturated heterocycles. The number of hydrogen-bond acceptors (Lipinski definition) is 2. The SMILES string of the molecule is C#Cc1c(Br)cnn1CCOC. The van der Waals surface area contributed by atoms with E-state index in [4.69, 9.17) is 11.2 Å². The molecule has 0 amide bonds. The third-order valence-corrected chi connectivity index (χ3v) is 2.02. The monoisotopic (exact) mass is 228 g/mol. The maximum Gasteiger partial charge on any atom is 0.125 e. The standard InChI is InChI=1S/C8H9BrN2O/c1-3-8-7(9)6-10-11(8)4-5-12-2/h1,6H,4-5H2,2H3. The molecule has 1 heterocycles. The van der Waals surface area contributed by atoms with Crippen molar-refractivity contribution in [1.82, 2.24) is 9.78 Å². The highest BCUT2D eigenvalue weighted by Gasteiger charge is 2.04. The lowest BCUT2D eigenvalue weighted by Crippen LogP contribution is -2.07. The van der Waals surface area contributed by atoms with Gasteiger partial charge in [-0.3, -0.25) is 4.68 Å². The number of terminal acetylenes is 1. The van der Waals surface area contributed by atoms with Gasteiger partial charge < -0.3 is 4.74 Å². The van der Waals surface area contributed by atoms with Gasteiger partial charge in [0, 0.05) is 7.11 Å². The molecule has 3 nitrogen and oxygen atoms in total. The first kappa shape index (κ1) is 9.30. The Labute approximate surface area is 79.8 Å². The minimum absolute atomic E-state index is 0.614. The van der Waals surface area contributed by atoms with E-state index in [0.29, 0.717) is 13.2 Å². The fraction of sp³-hybridized carbons (Fsp3) is 0.375. The molecule has 4 heteroatoms. The highest BCUT2D eigenvalue weighted by Crippen LogP contribution is 2.14. The summed E-state index contributed by atoms with van der Waals surface area (Å²) in [4.78, 5) is 0. The van der Waals surface area contributed by atoms with Crippen molar-refractivity contribution in [3.63, 3.8) is 0 Å². The van der Waals surface area contributed by atoms with E-state index in [1.165, 1.54) is 0 Å². The van der Waals surface area contributed by atoms with Crippen LogP contribution in [-0.2, 0) is 11.3 Å². The largest absolute Gasteiger partial charge is 0.383 e. The van der Waals surface area contributed by atoms with Gasteiger partial charge in [0.1, 0.15) is 5.69 Å². The van der Waals surface area contributed by atoms with Crippen LogP contribution in [0.25, 0.3) is 0 Å². The average Bonchev–Trinajstić information content (AvgIpc) is 2.43. The van der Waals surface area contributed by atoms with Crippen molar-refractivity contribution in [3.8, 4) is 12.3 Å².